The van der Waals surface area contributed by atoms with Gasteiger partial charge in [0.1, 0.15) is 0 Å². The van der Waals surface area contributed by atoms with Gasteiger partial charge >= 0.3 is 0 Å². The first-order chi connectivity index (χ1) is 5.83. The van der Waals surface area contributed by atoms with Crippen LogP contribution in [0.4, 0.5) is 0 Å². The van der Waals surface area contributed by atoms with Gasteiger partial charge in [-0.25, -0.2) is 0 Å². The van der Waals surface area contributed by atoms with Crippen LogP contribution >= 0.6 is 0 Å². The van der Waals surface area contributed by atoms with Gasteiger partial charge in [0.2, 0.25) is 0 Å². The summed E-state index contributed by atoms with van der Waals surface area (Å²) < 4.78 is 0. The number of aliphatic hydroxyl groups excluding tert-OH is 1. The molecule has 68 valence electrons. The van der Waals surface area contributed by atoms with E-state index in [4.69, 9.17) is 5.11 Å². The number of hydrogen-bond donors (Lipinski definition) is 1. The molecule has 0 unspecified atom stereocenters. The number of aliphatic hydroxyl groups is 1. The summed E-state index contributed by atoms with van der Waals surface area (Å²) in [6.45, 7) is 2.31. The third-order valence-electron chi connectivity index (χ3n) is 2.33. The summed E-state index contributed by atoms with van der Waals surface area (Å²) in [4.78, 5) is 0. The lowest BCUT2D eigenvalue weighted by atomic mass is 9.95. The van der Waals surface area contributed by atoms with Gasteiger partial charge in [0.15, 0.2) is 0 Å². The molecule has 0 bridgehead atoms. The molecule has 1 heteroatoms. The molecule has 0 atom stereocenters. The quantitative estimate of drug-likeness (QED) is 0.625. The Labute approximate surface area is 74.8 Å². The Morgan fingerprint density at radius 3 is 2.58 bits per heavy atom. The molecule has 1 N–H and O–H groups in total. The van der Waals surface area contributed by atoms with Crippen LogP contribution in [0.2, 0.25) is 0 Å². The van der Waals surface area contributed by atoms with Crippen molar-refractivity contribution in [1.29, 1.82) is 0 Å². The van der Waals surface area contributed by atoms with Crippen LogP contribution in [0.3, 0.4) is 0 Å². The fourth-order valence-electron chi connectivity index (χ4n) is 1.64. The maximum Gasteiger partial charge on any atom is 0.0474 e. The SMILES string of the molecule is CC(=C=C1CCCCC1)CCO. The Bertz CT molecular complexity index is 189. The molecule has 0 saturated heterocycles. The lowest BCUT2D eigenvalue weighted by Gasteiger charge is -2.10. The minimum Gasteiger partial charge on any atom is -0.396 e. The largest absolute Gasteiger partial charge is 0.396 e. The van der Waals surface area contributed by atoms with Gasteiger partial charge in [-0.2, -0.15) is 0 Å². The second kappa shape index (κ2) is 5.18. The maximum absolute atomic E-state index is 8.70. The van der Waals surface area contributed by atoms with E-state index in [1.165, 1.54) is 43.3 Å². The first kappa shape index (κ1) is 9.57. The Morgan fingerprint density at radius 2 is 2.00 bits per heavy atom. The zero-order valence-electron chi connectivity index (χ0n) is 7.90. The molecule has 0 aliphatic heterocycles. The molecule has 0 radical (unpaired) electrons. The van der Waals surface area contributed by atoms with Gasteiger partial charge in [0.05, 0.1) is 0 Å². The van der Waals surface area contributed by atoms with E-state index in [2.05, 4.69) is 12.7 Å². The predicted octanol–water partition coefficient (Wildman–Crippen LogP) is 2.80. The van der Waals surface area contributed by atoms with Crippen LogP contribution < -0.4 is 0 Å². The normalized spacial score (nSPS) is 17.3. The summed E-state index contributed by atoms with van der Waals surface area (Å²) >= 11 is 0. The Morgan fingerprint density at radius 1 is 1.33 bits per heavy atom. The summed E-state index contributed by atoms with van der Waals surface area (Å²) in [5.41, 5.74) is 6.06. The highest BCUT2D eigenvalue weighted by molar-refractivity contribution is 5.09. The summed E-state index contributed by atoms with van der Waals surface area (Å²) in [5, 5.41) is 8.70. The van der Waals surface area contributed by atoms with Crippen molar-refractivity contribution in [1.82, 2.24) is 0 Å². The van der Waals surface area contributed by atoms with E-state index in [9.17, 15) is 0 Å². The Hall–Kier alpha value is -0.520. The van der Waals surface area contributed by atoms with Crippen molar-refractivity contribution in [2.45, 2.75) is 45.4 Å². The molecule has 0 heterocycles. The van der Waals surface area contributed by atoms with E-state index >= 15 is 0 Å². The van der Waals surface area contributed by atoms with Gasteiger partial charge in [-0.05, 0) is 50.2 Å². The van der Waals surface area contributed by atoms with Crippen molar-refractivity contribution >= 4 is 0 Å². The topological polar surface area (TPSA) is 20.2 Å². The van der Waals surface area contributed by atoms with Crippen molar-refractivity contribution < 1.29 is 5.11 Å². The summed E-state index contributed by atoms with van der Waals surface area (Å²) in [7, 11) is 0. The lowest BCUT2D eigenvalue weighted by molar-refractivity contribution is 0.299. The van der Waals surface area contributed by atoms with Gasteiger partial charge in [0, 0.05) is 6.61 Å². The van der Waals surface area contributed by atoms with Crippen LogP contribution in [0, 0.1) is 0 Å². The first-order valence-electron chi connectivity index (χ1n) is 4.88. The monoisotopic (exact) mass is 166 g/mol. The third kappa shape index (κ3) is 3.25. The second-order valence-electron chi connectivity index (χ2n) is 3.54. The van der Waals surface area contributed by atoms with Crippen LogP contribution in [-0.4, -0.2) is 11.7 Å². The molecule has 0 aromatic heterocycles. The van der Waals surface area contributed by atoms with Crippen LogP contribution in [0.1, 0.15) is 45.4 Å². The average molecular weight is 166 g/mol. The lowest BCUT2D eigenvalue weighted by Crippen LogP contribution is -1.92. The van der Waals surface area contributed by atoms with Crippen molar-refractivity contribution in [2.75, 3.05) is 6.61 Å². The van der Waals surface area contributed by atoms with Crippen molar-refractivity contribution in [3.05, 3.63) is 16.9 Å². The van der Waals surface area contributed by atoms with Crippen LogP contribution in [0.15, 0.2) is 16.9 Å². The standard InChI is InChI=1S/C11H18O/c1-10(7-8-12)9-11-5-3-2-4-6-11/h12H,2-8H2,1H3. The summed E-state index contributed by atoms with van der Waals surface area (Å²) in [6, 6.07) is 0. The molecule has 12 heavy (non-hydrogen) atoms. The van der Waals surface area contributed by atoms with Crippen molar-refractivity contribution in [2.24, 2.45) is 0 Å². The van der Waals surface area contributed by atoms with Gasteiger partial charge in [-0.3, -0.25) is 0 Å². The van der Waals surface area contributed by atoms with Crippen molar-refractivity contribution in [3.8, 4) is 0 Å². The zero-order valence-corrected chi connectivity index (χ0v) is 7.90. The fourth-order valence-corrected chi connectivity index (χ4v) is 1.64. The molecule has 1 aliphatic rings. The number of hydrogen-bond acceptors (Lipinski definition) is 1. The van der Waals surface area contributed by atoms with E-state index in [1.54, 1.807) is 0 Å². The summed E-state index contributed by atoms with van der Waals surface area (Å²) in [5.74, 6) is 0. The molecule has 0 aromatic carbocycles. The molecule has 1 aliphatic carbocycles. The van der Waals surface area contributed by atoms with Crippen molar-refractivity contribution in [3.63, 3.8) is 0 Å². The van der Waals surface area contributed by atoms with Crippen LogP contribution in [0.5, 0.6) is 0 Å². The second-order valence-corrected chi connectivity index (χ2v) is 3.54. The molecule has 1 nitrogen and oxygen atoms in total. The van der Waals surface area contributed by atoms with E-state index in [1.807, 2.05) is 0 Å². The Kier molecular flexibility index (Phi) is 4.13. The third-order valence-corrected chi connectivity index (χ3v) is 2.33. The first-order valence-corrected chi connectivity index (χ1v) is 4.88. The van der Waals surface area contributed by atoms with E-state index < -0.39 is 0 Å². The minimum absolute atomic E-state index is 0.256. The van der Waals surface area contributed by atoms with Crippen LogP contribution in [0.25, 0.3) is 0 Å². The predicted molar refractivity (Wildman–Crippen MR) is 51.0 cm³/mol. The van der Waals surface area contributed by atoms with Gasteiger partial charge < -0.3 is 5.11 Å². The van der Waals surface area contributed by atoms with Gasteiger partial charge in [-0.1, -0.05) is 6.42 Å². The highest BCUT2D eigenvalue weighted by atomic mass is 16.2. The van der Waals surface area contributed by atoms with E-state index in [0.29, 0.717) is 0 Å². The molecule has 1 fully saturated rings. The molecule has 0 spiro atoms. The molecule has 1 rings (SSSR count). The van der Waals surface area contributed by atoms with E-state index in [0.717, 1.165) is 6.42 Å². The maximum atomic E-state index is 8.70. The Balaban J connectivity index is 2.56. The van der Waals surface area contributed by atoms with E-state index in [-0.39, 0.29) is 6.61 Å². The smallest absolute Gasteiger partial charge is 0.0474 e. The minimum atomic E-state index is 0.256. The van der Waals surface area contributed by atoms with Crippen LogP contribution in [-0.2, 0) is 0 Å². The fraction of sp³-hybridized carbons (Fsp3) is 0.727. The highest BCUT2D eigenvalue weighted by Gasteiger charge is 2.03. The molecule has 0 aromatic rings. The van der Waals surface area contributed by atoms with Gasteiger partial charge in [-0.15, -0.1) is 5.73 Å². The molecule has 1 saturated carbocycles. The molecular weight excluding hydrogens is 148 g/mol. The number of rotatable bonds is 2. The zero-order chi connectivity index (χ0) is 8.81. The highest BCUT2D eigenvalue weighted by Crippen LogP contribution is 2.22. The average Bonchev–Trinajstić information content (AvgIpc) is 2.06. The van der Waals surface area contributed by atoms with Gasteiger partial charge in [0.25, 0.3) is 0 Å². The molecule has 0 amide bonds. The summed E-state index contributed by atoms with van der Waals surface area (Å²) in [6.07, 6.45) is 7.27. The molecular formula is C11H18O.